The molecular weight excluding hydrogens is 432 g/mol. The van der Waals surface area contributed by atoms with Gasteiger partial charge in [-0.3, -0.25) is 9.69 Å². The number of aromatic nitrogens is 1. The Bertz CT molecular complexity index is 1140. The van der Waals surface area contributed by atoms with Crippen LogP contribution in [-0.4, -0.2) is 44.3 Å². The second-order valence-electron chi connectivity index (χ2n) is 7.89. The molecule has 1 amide bonds. The van der Waals surface area contributed by atoms with Gasteiger partial charge in [0.25, 0.3) is 0 Å². The molecule has 2 aromatic carbocycles. The van der Waals surface area contributed by atoms with Crippen LogP contribution in [0.2, 0.25) is 0 Å². The van der Waals surface area contributed by atoms with Crippen molar-refractivity contribution < 1.29 is 17.9 Å². The largest absolute Gasteiger partial charge is 0.376 e. The van der Waals surface area contributed by atoms with Crippen molar-refractivity contribution in [2.45, 2.75) is 44.1 Å². The Balaban J connectivity index is 1.60. The molecule has 1 aromatic heterocycles. The number of sulfone groups is 1. The average molecular weight is 459 g/mol. The first kappa shape index (κ1) is 21.9. The van der Waals surface area contributed by atoms with Crippen LogP contribution in [-0.2, 0) is 19.4 Å². The van der Waals surface area contributed by atoms with E-state index in [-0.39, 0.29) is 29.1 Å². The fraction of sp³-hybridized carbons (Fsp3) is 0.391. The van der Waals surface area contributed by atoms with Crippen LogP contribution in [0.25, 0.3) is 10.2 Å². The summed E-state index contributed by atoms with van der Waals surface area (Å²) in [5, 5.41) is 0.602. The van der Waals surface area contributed by atoms with Crippen molar-refractivity contribution in [3.63, 3.8) is 0 Å². The maximum Gasteiger partial charge on any atom is 0.229 e. The third-order valence-corrected chi connectivity index (χ3v) is 8.51. The highest BCUT2D eigenvalue weighted by Crippen LogP contribution is 2.34. The number of benzene rings is 2. The zero-order chi connectivity index (χ0) is 22.0. The molecule has 0 N–H and O–H groups in total. The number of carbonyl (C=O) groups excluding carboxylic acids is 1. The van der Waals surface area contributed by atoms with Gasteiger partial charge in [-0.15, -0.1) is 0 Å². The van der Waals surface area contributed by atoms with Gasteiger partial charge >= 0.3 is 0 Å². The molecule has 3 aromatic rings. The molecule has 1 saturated heterocycles. The van der Waals surface area contributed by atoms with Crippen molar-refractivity contribution in [1.82, 2.24) is 4.98 Å². The van der Waals surface area contributed by atoms with Crippen LogP contribution in [0.3, 0.4) is 0 Å². The van der Waals surface area contributed by atoms with Gasteiger partial charge in [0, 0.05) is 13.0 Å². The predicted molar refractivity (Wildman–Crippen MR) is 124 cm³/mol. The Morgan fingerprint density at radius 2 is 1.90 bits per heavy atom. The lowest BCUT2D eigenvalue weighted by Gasteiger charge is -2.23. The Hall–Kier alpha value is -2.29. The first-order chi connectivity index (χ1) is 14.8. The highest BCUT2D eigenvalue weighted by Gasteiger charge is 2.28. The van der Waals surface area contributed by atoms with Gasteiger partial charge in [0.2, 0.25) is 5.91 Å². The molecule has 164 valence electrons. The van der Waals surface area contributed by atoms with Gasteiger partial charge in [0.05, 0.1) is 33.5 Å². The van der Waals surface area contributed by atoms with Crippen molar-refractivity contribution in [3.8, 4) is 0 Å². The van der Waals surface area contributed by atoms with E-state index in [4.69, 9.17) is 9.72 Å². The summed E-state index contributed by atoms with van der Waals surface area (Å²) in [5.41, 5.74) is 3.06. The number of nitrogens with zero attached hydrogens (tertiary/aromatic N) is 2. The number of rotatable bonds is 7. The summed E-state index contributed by atoms with van der Waals surface area (Å²) in [4.78, 5) is 19.8. The van der Waals surface area contributed by atoms with Crippen LogP contribution in [0.4, 0.5) is 5.13 Å². The van der Waals surface area contributed by atoms with Crippen LogP contribution in [0.5, 0.6) is 0 Å². The lowest BCUT2D eigenvalue weighted by Crippen LogP contribution is -2.38. The molecular formula is C23H26N2O4S2. The number of fused-ring (bicyclic) bond motifs is 1. The van der Waals surface area contributed by atoms with E-state index in [9.17, 15) is 13.2 Å². The summed E-state index contributed by atoms with van der Waals surface area (Å²) < 4.78 is 32.1. The monoisotopic (exact) mass is 458 g/mol. The highest BCUT2D eigenvalue weighted by molar-refractivity contribution is 7.91. The van der Waals surface area contributed by atoms with E-state index >= 15 is 0 Å². The lowest BCUT2D eigenvalue weighted by atomic mass is 10.1. The van der Waals surface area contributed by atoms with Gasteiger partial charge in [0.1, 0.15) is 0 Å². The van der Waals surface area contributed by atoms with Gasteiger partial charge in [-0.2, -0.15) is 0 Å². The number of carbonyl (C=O) groups is 1. The van der Waals surface area contributed by atoms with E-state index in [2.05, 4.69) is 6.07 Å². The van der Waals surface area contributed by atoms with E-state index in [0.717, 1.165) is 34.2 Å². The Labute approximate surface area is 186 Å². The maximum atomic E-state index is 13.2. The lowest BCUT2D eigenvalue weighted by molar-refractivity contribution is -0.118. The number of hydrogen-bond donors (Lipinski definition) is 0. The van der Waals surface area contributed by atoms with Crippen LogP contribution in [0.15, 0.2) is 47.4 Å². The molecule has 6 nitrogen and oxygen atoms in total. The van der Waals surface area contributed by atoms with Crippen molar-refractivity contribution in [1.29, 1.82) is 0 Å². The third-order valence-electron chi connectivity index (χ3n) is 5.56. The SMILES string of the molecule is Cc1ccc(C)c2sc(N(CC3CCCO3)C(=O)CCS(=O)(=O)c3ccccc3)nc12. The molecule has 8 heteroatoms. The van der Waals surface area contributed by atoms with Gasteiger partial charge in [0.15, 0.2) is 15.0 Å². The quantitative estimate of drug-likeness (QED) is 0.528. The van der Waals surface area contributed by atoms with Crippen LogP contribution in [0, 0.1) is 13.8 Å². The van der Waals surface area contributed by atoms with E-state index in [1.165, 1.54) is 11.3 Å². The summed E-state index contributed by atoms with van der Waals surface area (Å²) in [6, 6.07) is 12.3. The molecule has 0 radical (unpaired) electrons. The zero-order valence-electron chi connectivity index (χ0n) is 17.7. The number of ether oxygens (including phenoxy) is 1. The number of hydrogen-bond acceptors (Lipinski definition) is 6. The molecule has 1 unspecified atom stereocenters. The Kier molecular flexibility index (Phi) is 6.41. The van der Waals surface area contributed by atoms with E-state index in [1.54, 1.807) is 35.2 Å². The van der Waals surface area contributed by atoms with E-state index < -0.39 is 9.84 Å². The maximum absolute atomic E-state index is 13.2. The first-order valence-corrected chi connectivity index (χ1v) is 12.9. The minimum Gasteiger partial charge on any atom is -0.376 e. The van der Waals surface area contributed by atoms with E-state index in [0.29, 0.717) is 18.3 Å². The Morgan fingerprint density at radius 3 is 2.58 bits per heavy atom. The fourth-order valence-corrected chi connectivity index (χ4v) is 6.13. The smallest absolute Gasteiger partial charge is 0.229 e. The summed E-state index contributed by atoms with van der Waals surface area (Å²) in [6.45, 7) is 5.11. The van der Waals surface area contributed by atoms with Crippen LogP contribution < -0.4 is 4.90 Å². The molecule has 1 fully saturated rings. The molecule has 4 rings (SSSR count). The standard InChI is InChI=1S/C23H26N2O4S2/c1-16-10-11-17(2)22-21(16)24-23(30-22)25(15-18-7-6-13-29-18)20(26)12-14-31(27,28)19-8-4-3-5-9-19/h3-5,8-11,18H,6-7,12-15H2,1-2H3. The molecule has 1 aliphatic rings. The molecule has 1 aliphatic heterocycles. The molecule has 31 heavy (non-hydrogen) atoms. The minimum absolute atomic E-state index is 0.0520. The van der Waals surface area contributed by atoms with Crippen molar-refractivity contribution in [3.05, 3.63) is 53.6 Å². The van der Waals surface area contributed by atoms with Crippen molar-refractivity contribution in [2.24, 2.45) is 0 Å². The average Bonchev–Trinajstić information content (AvgIpc) is 3.44. The topological polar surface area (TPSA) is 76.6 Å². The first-order valence-electron chi connectivity index (χ1n) is 10.4. The molecule has 0 aliphatic carbocycles. The van der Waals surface area contributed by atoms with Gasteiger partial charge < -0.3 is 4.74 Å². The zero-order valence-corrected chi connectivity index (χ0v) is 19.3. The number of thiazole rings is 1. The summed E-state index contributed by atoms with van der Waals surface area (Å²) in [7, 11) is -3.53. The fourth-order valence-electron chi connectivity index (χ4n) is 3.74. The van der Waals surface area contributed by atoms with E-state index in [1.807, 2.05) is 19.9 Å². The molecule has 1 atom stereocenters. The summed E-state index contributed by atoms with van der Waals surface area (Å²) in [6.07, 6.45) is 1.70. The molecule has 0 bridgehead atoms. The van der Waals surface area contributed by atoms with Gasteiger partial charge in [-0.05, 0) is 49.9 Å². The molecule has 2 heterocycles. The van der Waals surface area contributed by atoms with Crippen molar-refractivity contribution in [2.75, 3.05) is 23.8 Å². The molecule has 0 saturated carbocycles. The number of amides is 1. The Morgan fingerprint density at radius 1 is 1.16 bits per heavy atom. The van der Waals surface area contributed by atoms with Gasteiger partial charge in [-0.1, -0.05) is 41.7 Å². The van der Waals surface area contributed by atoms with Crippen molar-refractivity contribution >= 4 is 42.4 Å². The summed E-state index contributed by atoms with van der Waals surface area (Å²) in [5.74, 6) is -0.481. The second kappa shape index (κ2) is 9.06. The van der Waals surface area contributed by atoms with Gasteiger partial charge in [-0.25, -0.2) is 13.4 Å². The van der Waals surface area contributed by atoms with Crippen LogP contribution >= 0.6 is 11.3 Å². The predicted octanol–water partition coefficient (Wildman–Crippen LogP) is 4.29. The second-order valence-corrected chi connectivity index (χ2v) is 11.0. The number of anilines is 1. The minimum atomic E-state index is -3.53. The van der Waals surface area contributed by atoms with Crippen LogP contribution in [0.1, 0.15) is 30.4 Å². The molecule has 0 spiro atoms. The summed E-state index contributed by atoms with van der Waals surface area (Å²) >= 11 is 1.48. The third kappa shape index (κ3) is 4.81. The highest BCUT2D eigenvalue weighted by atomic mass is 32.2. The normalized spacial score (nSPS) is 16.6. The number of aryl methyl sites for hydroxylation is 2.